The lowest BCUT2D eigenvalue weighted by atomic mass is 9.98. The Balaban J connectivity index is 2.03. The molecule has 0 saturated carbocycles. The Bertz CT molecular complexity index is 341. The summed E-state index contributed by atoms with van der Waals surface area (Å²) in [4.78, 5) is 5.73. The van der Waals surface area contributed by atoms with Crippen molar-refractivity contribution in [1.82, 2.24) is 5.06 Å². The first-order valence-electron chi connectivity index (χ1n) is 6.35. The van der Waals surface area contributed by atoms with E-state index in [2.05, 4.69) is 19.1 Å². The fourth-order valence-electron chi connectivity index (χ4n) is 2.43. The lowest BCUT2D eigenvalue weighted by Crippen LogP contribution is -2.26. The highest BCUT2D eigenvalue weighted by atomic mass is 16.7. The number of rotatable bonds is 4. The minimum absolute atomic E-state index is 0.0647. The number of benzene rings is 1. The van der Waals surface area contributed by atoms with Crippen LogP contribution >= 0.6 is 0 Å². The Kier molecular flexibility index (Phi) is 4.15. The van der Waals surface area contributed by atoms with E-state index < -0.39 is 0 Å². The number of hydrogen-bond acceptors (Lipinski definition) is 3. The van der Waals surface area contributed by atoms with Gasteiger partial charge >= 0.3 is 0 Å². The molecule has 0 spiro atoms. The maximum absolute atomic E-state index is 9.98. The molecule has 3 nitrogen and oxygen atoms in total. The molecule has 0 amide bonds. The van der Waals surface area contributed by atoms with Gasteiger partial charge in [0, 0.05) is 13.5 Å². The predicted molar refractivity (Wildman–Crippen MR) is 67.4 cm³/mol. The van der Waals surface area contributed by atoms with Crippen LogP contribution in [-0.4, -0.2) is 29.4 Å². The van der Waals surface area contributed by atoms with Crippen LogP contribution in [0.3, 0.4) is 0 Å². The van der Waals surface area contributed by atoms with E-state index in [1.165, 1.54) is 5.56 Å². The maximum atomic E-state index is 9.98. The lowest BCUT2D eigenvalue weighted by molar-refractivity contribution is -0.170. The van der Waals surface area contributed by atoms with Crippen LogP contribution in [0.1, 0.15) is 37.8 Å². The van der Waals surface area contributed by atoms with E-state index in [9.17, 15) is 5.11 Å². The SMILES string of the molecule is CCC[C@@H](O)[C@H]1C[C@@H](c2ccccc2)N(C)O1. The Morgan fingerprint density at radius 2 is 2.12 bits per heavy atom. The molecule has 2 rings (SSSR count). The summed E-state index contributed by atoms with van der Waals surface area (Å²) >= 11 is 0. The molecule has 1 aromatic carbocycles. The van der Waals surface area contributed by atoms with Gasteiger partial charge in [-0.25, -0.2) is 0 Å². The van der Waals surface area contributed by atoms with Crippen LogP contribution in [0.15, 0.2) is 30.3 Å². The van der Waals surface area contributed by atoms with Crippen molar-refractivity contribution in [2.24, 2.45) is 0 Å². The molecule has 3 atom stereocenters. The molecule has 1 N–H and O–H groups in total. The van der Waals surface area contributed by atoms with Gasteiger partial charge in [-0.05, 0) is 12.0 Å². The second-order valence-corrected chi connectivity index (χ2v) is 4.71. The number of nitrogens with zero attached hydrogens (tertiary/aromatic N) is 1. The Morgan fingerprint density at radius 1 is 1.41 bits per heavy atom. The summed E-state index contributed by atoms with van der Waals surface area (Å²) in [5.74, 6) is 0. The average Bonchev–Trinajstić information content (AvgIpc) is 2.73. The van der Waals surface area contributed by atoms with Crippen molar-refractivity contribution in [3.8, 4) is 0 Å². The van der Waals surface area contributed by atoms with Crippen LogP contribution in [0, 0.1) is 0 Å². The molecule has 17 heavy (non-hydrogen) atoms. The molecule has 1 heterocycles. The zero-order chi connectivity index (χ0) is 12.3. The van der Waals surface area contributed by atoms with Crippen molar-refractivity contribution in [3.05, 3.63) is 35.9 Å². The summed E-state index contributed by atoms with van der Waals surface area (Å²) in [6.07, 6.45) is 2.24. The minimum Gasteiger partial charge on any atom is -0.390 e. The van der Waals surface area contributed by atoms with E-state index >= 15 is 0 Å². The maximum Gasteiger partial charge on any atom is 0.107 e. The van der Waals surface area contributed by atoms with Crippen molar-refractivity contribution in [2.75, 3.05) is 7.05 Å². The van der Waals surface area contributed by atoms with Gasteiger partial charge in [0.15, 0.2) is 0 Å². The van der Waals surface area contributed by atoms with Crippen LogP contribution in [-0.2, 0) is 4.84 Å². The Labute approximate surface area is 103 Å². The number of hydrogen-bond donors (Lipinski definition) is 1. The first kappa shape index (κ1) is 12.6. The first-order valence-corrected chi connectivity index (χ1v) is 6.35. The van der Waals surface area contributed by atoms with Crippen LogP contribution < -0.4 is 0 Å². The zero-order valence-electron chi connectivity index (χ0n) is 10.5. The molecule has 1 fully saturated rings. The van der Waals surface area contributed by atoms with Gasteiger partial charge < -0.3 is 5.11 Å². The number of hydroxylamine groups is 2. The smallest absolute Gasteiger partial charge is 0.107 e. The lowest BCUT2D eigenvalue weighted by Gasteiger charge is -2.18. The molecule has 0 bridgehead atoms. The summed E-state index contributed by atoms with van der Waals surface area (Å²) in [5, 5.41) is 11.9. The van der Waals surface area contributed by atoms with Gasteiger partial charge in [-0.2, -0.15) is 5.06 Å². The highest BCUT2D eigenvalue weighted by molar-refractivity contribution is 5.19. The summed E-state index contributed by atoms with van der Waals surface area (Å²) < 4.78 is 0. The molecule has 1 aliphatic rings. The van der Waals surface area contributed by atoms with E-state index in [0.29, 0.717) is 0 Å². The Hall–Kier alpha value is -0.900. The molecular weight excluding hydrogens is 214 g/mol. The molecule has 94 valence electrons. The third kappa shape index (κ3) is 2.86. The molecule has 1 aliphatic heterocycles. The molecule has 0 aromatic heterocycles. The van der Waals surface area contributed by atoms with Gasteiger partial charge in [-0.3, -0.25) is 4.84 Å². The second-order valence-electron chi connectivity index (χ2n) is 4.71. The van der Waals surface area contributed by atoms with E-state index in [0.717, 1.165) is 19.3 Å². The molecule has 3 heteroatoms. The van der Waals surface area contributed by atoms with Crippen molar-refractivity contribution in [3.63, 3.8) is 0 Å². The van der Waals surface area contributed by atoms with Crippen LogP contribution in [0.4, 0.5) is 0 Å². The molecule has 0 radical (unpaired) electrons. The van der Waals surface area contributed by atoms with Crippen LogP contribution in [0.5, 0.6) is 0 Å². The van der Waals surface area contributed by atoms with Gasteiger partial charge in [0.1, 0.15) is 6.10 Å². The standard InChI is InChI=1S/C14H21NO2/c1-3-7-13(16)14-10-12(15(2)17-14)11-8-5-4-6-9-11/h4-6,8-9,12-14,16H,3,7,10H2,1-2H3/t12-,13+,14+/m0/s1. The number of aliphatic hydroxyl groups is 1. The van der Waals surface area contributed by atoms with Crippen LogP contribution in [0.2, 0.25) is 0 Å². The van der Waals surface area contributed by atoms with Crippen molar-refractivity contribution in [2.45, 2.75) is 44.4 Å². The van der Waals surface area contributed by atoms with E-state index in [1.807, 2.05) is 30.3 Å². The molecule has 0 unspecified atom stereocenters. The Morgan fingerprint density at radius 3 is 2.76 bits per heavy atom. The van der Waals surface area contributed by atoms with Gasteiger partial charge in [-0.15, -0.1) is 0 Å². The van der Waals surface area contributed by atoms with Gasteiger partial charge in [0.2, 0.25) is 0 Å². The largest absolute Gasteiger partial charge is 0.390 e. The second kappa shape index (κ2) is 5.63. The normalized spacial score (nSPS) is 27.2. The summed E-state index contributed by atoms with van der Waals surface area (Å²) in [6.45, 7) is 2.08. The fraction of sp³-hybridized carbons (Fsp3) is 0.571. The summed E-state index contributed by atoms with van der Waals surface area (Å²) in [6, 6.07) is 10.6. The fourth-order valence-corrected chi connectivity index (χ4v) is 2.43. The molecule has 1 aromatic rings. The third-order valence-electron chi connectivity index (χ3n) is 3.39. The van der Waals surface area contributed by atoms with E-state index in [-0.39, 0.29) is 18.2 Å². The molecule has 1 saturated heterocycles. The zero-order valence-corrected chi connectivity index (χ0v) is 10.5. The summed E-state index contributed by atoms with van der Waals surface area (Å²) in [7, 11) is 1.94. The van der Waals surface area contributed by atoms with Crippen molar-refractivity contribution in [1.29, 1.82) is 0 Å². The molecular formula is C14H21NO2. The topological polar surface area (TPSA) is 32.7 Å². The highest BCUT2D eigenvalue weighted by Crippen LogP contribution is 2.34. The van der Waals surface area contributed by atoms with Gasteiger partial charge in [0.25, 0.3) is 0 Å². The minimum atomic E-state index is -0.351. The van der Waals surface area contributed by atoms with E-state index in [1.54, 1.807) is 0 Å². The highest BCUT2D eigenvalue weighted by Gasteiger charge is 2.35. The predicted octanol–water partition coefficient (Wildman–Crippen LogP) is 2.52. The van der Waals surface area contributed by atoms with Gasteiger partial charge in [-0.1, -0.05) is 43.7 Å². The summed E-state index contributed by atoms with van der Waals surface area (Å²) in [5.41, 5.74) is 1.25. The van der Waals surface area contributed by atoms with Crippen molar-refractivity contribution >= 4 is 0 Å². The van der Waals surface area contributed by atoms with Crippen LogP contribution in [0.25, 0.3) is 0 Å². The quantitative estimate of drug-likeness (QED) is 0.870. The first-order chi connectivity index (χ1) is 8.22. The average molecular weight is 235 g/mol. The third-order valence-corrected chi connectivity index (χ3v) is 3.39. The van der Waals surface area contributed by atoms with E-state index in [4.69, 9.17) is 4.84 Å². The number of aliphatic hydroxyl groups excluding tert-OH is 1. The van der Waals surface area contributed by atoms with Crippen molar-refractivity contribution < 1.29 is 9.94 Å². The monoisotopic (exact) mass is 235 g/mol. The molecule has 0 aliphatic carbocycles. The van der Waals surface area contributed by atoms with Gasteiger partial charge in [0.05, 0.1) is 12.1 Å².